The molecule has 3 heterocycles. The van der Waals surface area contributed by atoms with Crippen LogP contribution < -0.4 is 0 Å². The molecular weight excluding hydrogens is 446 g/mol. The highest BCUT2D eigenvalue weighted by molar-refractivity contribution is 5.85. The maximum Gasteiger partial charge on any atom is 0.120 e. The van der Waals surface area contributed by atoms with Crippen molar-refractivity contribution in [2.75, 3.05) is 46.3 Å². The lowest BCUT2D eigenvalue weighted by atomic mass is 10.1. The normalized spacial score (nSPS) is 14.1. The molecule has 1 aliphatic heterocycles. The molecule has 0 saturated carbocycles. The molecule has 196 valence electrons. The minimum Gasteiger partial charge on any atom is -0.360 e. The van der Waals surface area contributed by atoms with E-state index in [-0.39, 0.29) is 0 Å². The van der Waals surface area contributed by atoms with Crippen molar-refractivity contribution in [3.63, 3.8) is 0 Å². The van der Waals surface area contributed by atoms with Gasteiger partial charge in [0, 0.05) is 56.2 Å². The maximum absolute atomic E-state index is 4.72. The number of fused-ring (bicyclic) bond motifs is 1. The maximum atomic E-state index is 4.72. The lowest BCUT2D eigenvalue weighted by molar-refractivity contribution is 0.269. The third-order valence-electron chi connectivity index (χ3n) is 7.31. The lowest BCUT2D eigenvalue weighted by Gasteiger charge is -2.24. The molecule has 1 N–H and O–H groups in total. The average molecular weight is 492 g/mol. The Hall–Kier alpha value is -2.64. The summed E-state index contributed by atoms with van der Waals surface area (Å²) in [5.41, 5.74) is 4.10. The van der Waals surface area contributed by atoms with Gasteiger partial charge in [-0.2, -0.15) is 0 Å². The van der Waals surface area contributed by atoms with Crippen molar-refractivity contribution in [3.8, 4) is 0 Å². The highest BCUT2D eigenvalue weighted by Crippen LogP contribution is 2.23. The highest BCUT2D eigenvalue weighted by atomic mass is 15.3. The number of nitrogens with zero attached hydrogens (tertiary/aromatic N) is 6. The number of hydrogen-bond donors (Lipinski definition) is 1. The molecule has 36 heavy (non-hydrogen) atoms. The molecule has 0 atom stereocenters. The minimum absolute atomic E-state index is 0.783. The van der Waals surface area contributed by atoms with Crippen LogP contribution in [-0.2, 0) is 26.6 Å². The van der Waals surface area contributed by atoms with Crippen molar-refractivity contribution in [2.24, 2.45) is 12.0 Å². The van der Waals surface area contributed by atoms with Crippen molar-refractivity contribution in [3.05, 3.63) is 53.7 Å². The number of aromatic amines is 1. The second-order valence-electron chi connectivity index (χ2n) is 10.3. The van der Waals surface area contributed by atoms with Gasteiger partial charge in [0.2, 0.25) is 0 Å². The van der Waals surface area contributed by atoms with Crippen LogP contribution in [0.3, 0.4) is 0 Å². The van der Waals surface area contributed by atoms with Crippen LogP contribution in [0.25, 0.3) is 10.9 Å². The molecule has 7 heteroatoms. The molecule has 3 aromatic rings. The Labute approximate surface area is 217 Å². The van der Waals surface area contributed by atoms with Crippen LogP contribution in [0.2, 0.25) is 0 Å². The van der Waals surface area contributed by atoms with Gasteiger partial charge in [0.15, 0.2) is 0 Å². The first-order valence-corrected chi connectivity index (χ1v) is 13.8. The number of aryl methyl sites for hydroxylation is 2. The molecule has 0 bridgehead atoms. The fourth-order valence-corrected chi connectivity index (χ4v) is 5.38. The largest absolute Gasteiger partial charge is 0.360 e. The fraction of sp³-hybridized carbons (Fsp3) is 0.586. The lowest BCUT2D eigenvalue weighted by Crippen LogP contribution is -2.36. The summed E-state index contributed by atoms with van der Waals surface area (Å²) in [6, 6.07) is 9.36. The Morgan fingerprint density at radius 3 is 2.47 bits per heavy atom. The molecule has 1 aromatic carbocycles. The Morgan fingerprint density at radius 2 is 1.78 bits per heavy atom. The number of benzene rings is 1. The van der Waals surface area contributed by atoms with E-state index in [1.54, 1.807) is 0 Å². The van der Waals surface area contributed by atoms with E-state index < -0.39 is 0 Å². The van der Waals surface area contributed by atoms with Gasteiger partial charge in [-0.05, 0) is 75.5 Å². The summed E-state index contributed by atoms with van der Waals surface area (Å²) in [5, 5.41) is 1.34. The van der Waals surface area contributed by atoms with Gasteiger partial charge in [-0.25, -0.2) is 4.98 Å². The zero-order valence-corrected chi connectivity index (χ0v) is 22.8. The number of hydrogen-bond acceptors (Lipinski definition) is 5. The SMILES string of the molecule is CCCN(CCC)CCCCc1cc2cc(CN(CC3=NCCN3C)Cc3ncc[nH]3)ccc2n1C. The molecular formula is C29H45N7. The molecule has 0 amide bonds. The predicted molar refractivity (Wildman–Crippen MR) is 151 cm³/mol. The van der Waals surface area contributed by atoms with Crippen LogP contribution >= 0.6 is 0 Å². The zero-order valence-electron chi connectivity index (χ0n) is 22.8. The highest BCUT2D eigenvalue weighted by Gasteiger charge is 2.18. The van der Waals surface area contributed by atoms with Gasteiger partial charge in [-0.3, -0.25) is 9.89 Å². The van der Waals surface area contributed by atoms with E-state index in [0.29, 0.717) is 0 Å². The van der Waals surface area contributed by atoms with E-state index in [9.17, 15) is 0 Å². The molecule has 0 saturated heterocycles. The van der Waals surface area contributed by atoms with Crippen LogP contribution in [0.5, 0.6) is 0 Å². The standard InChI is InChI=1S/C29H45N7/c1-5-15-35(16-6-2)17-8-7-9-26-20-25-19-24(10-11-27(25)34(26)4)21-36(22-28-30-12-13-31-28)23-29-32-14-18-33(29)3/h10-13,19-20H,5-9,14-18,21-23H2,1-4H3,(H,30,31). The topological polar surface area (TPSA) is 55.7 Å². The number of rotatable bonds is 15. The van der Waals surface area contributed by atoms with Gasteiger partial charge < -0.3 is 19.4 Å². The predicted octanol–water partition coefficient (Wildman–Crippen LogP) is 4.69. The van der Waals surface area contributed by atoms with Crippen LogP contribution in [0, 0.1) is 0 Å². The average Bonchev–Trinajstić information content (AvgIpc) is 3.59. The number of H-pyrrole nitrogens is 1. The van der Waals surface area contributed by atoms with Crippen molar-refractivity contribution in [2.45, 2.75) is 59.0 Å². The second-order valence-corrected chi connectivity index (χ2v) is 10.3. The van der Waals surface area contributed by atoms with Gasteiger partial charge in [-0.1, -0.05) is 19.9 Å². The van der Waals surface area contributed by atoms with E-state index in [4.69, 9.17) is 4.99 Å². The Balaban J connectivity index is 1.40. The van der Waals surface area contributed by atoms with Crippen LogP contribution in [0.4, 0.5) is 0 Å². The number of amidine groups is 1. The summed E-state index contributed by atoms with van der Waals surface area (Å²) in [5.74, 6) is 2.16. The van der Waals surface area contributed by atoms with E-state index >= 15 is 0 Å². The van der Waals surface area contributed by atoms with Crippen molar-refractivity contribution >= 4 is 16.7 Å². The van der Waals surface area contributed by atoms with E-state index in [2.05, 4.69) is 81.4 Å². The van der Waals surface area contributed by atoms with Gasteiger partial charge in [-0.15, -0.1) is 0 Å². The number of likely N-dealkylation sites (N-methyl/N-ethyl adjacent to an activating group) is 1. The van der Waals surface area contributed by atoms with Crippen molar-refractivity contribution in [1.82, 2.24) is 29.2 Å². The van der Waals surface area contributed by atoms with Gasteiger partial charge >= 0.3 is 0 Å². The Kier molecular flexibility index (Phi) is 9.59. The second kappa shape index (κ2) is 13.1. The minimum atomic E-state index is 0.783. The molecule has 0 fully saturated rings. The number of nitrogens with one attached hydrogen (secondary N) is 1. The first kappa shape index (κ1) is 26.4. The molecule has 2 aromatic heterocycles. The monoisotopic (exact) mass is 491 g/mol. The first-order valence-electron chi connectivity index (χ1n) is 13.8. The third-order valence-corrected chi connectivity index (χ3v) is 7.31. The summed E-state index contributed by atoms with van der Waals surface area (Å²) in [6.45, 7) is 12.6. The van der Waals surface area contributed by atoms with Crippen LogP contribution in [-0.4, -0.2) is 81.4 Å². The first-order chi connectivity index (χ1) is 17.6. The van der Waals surface area contributed by atoms with Gasteiger partial charge in [0.05, 0.1) is 19.6 Å². The number of unbranched alkanes of at least 4 members (excludes halogenated alkanes) is 1. The van der Waals surface area contributed by atoms with Crippen LogP contribution in [0.15, 0.2) is 41.7 Å². The van der Waals surface area contributed by atoms with E-state index in [0.717, 1.165) is 45.0 Å². The smallest absolute Gasteiger partial charge is 0.120 e. The fourth-order valence-electron chi connectivity index (χ4n) is 5.38. The summed E-state index contributed by atoms with van der Waals surface area (Å²) in [6.07, 6.45) is 9.87. The number of aromatic nitrogens is 3. The summed E-state index contributed by atoms with van der Waals surface area (Å²) < 4.78 is 2.39. The molecule has 0 unspecified atom stereocenters. The molecule has 0 spiro atoms. The molecule has 0 radical (unpaired) electrons. The molecule has 4 rings (SSSR count). The van der Waals surface area contributed by atoms with E-state index in [1.807, 2.05) is 12.4 Å². The number of aliphatic imine (C=N–C) groups is 1. The van der Waals surface area contributed by atoms with Gasteiger partial charge in [0.25, 0.3) is 0 Å². The summed E-state index contributed by atoms with van der Waals surface area (Å²) >= 11 is 0. The van der Waals surface area contributed by atoms with Crippen LogP contribution in [0.1, 0.15) is 56.6 Å². The number of imidazole rings is 1. The third kappa shape index (κ3) is 6.98. The summed E-state index contributed by atoms with van der Waals surface area (Å²) in [7, 11) is 4.36. The molecule has 0 aliphatic carbocycles. The molecule has 7 nitrogen and oxygen atoms in total. The molecule has 1 aliphatic rings. The quantitative estimate of drug-likeness (QED) is 0.313. The Morgan fingerprint density at radius 1 is 0.944 bits per heavy atom. The van der Waals surface area contributed by atoms with E-state index in [1.165, 1.54) is 73.3 Å². The van der Waals surface area contributed by atoms with Crippen molar-refractivity contribution < 1.29 is 0 Å². The van der Waals surface area contributed by atoms with Crippen molar-refractivity contribution in [1.29, 1.82) is 0 Å². The van der Waals surface area contributed by atoms with Gasteiger partial charge in [0.1, 0.15) is 11.7 Å². The zero-order chi connectivity index (χ0) is 25.3. The summed E-state index contributed by atoms with van der Waals surface area (Å²) in [4.78, 5) is 19.8. The Bertz CT molecular complexity index is 1090.